The smallest absolute Gasteiger partial charge is 0.270 e. The van der Waals surface area contributed by atoms with E-state index in [9.17, 15) is 14.9 Å². The minimum atomic E-state index is -0.527. The lowest BCUT2D eigenvalue weighted by Gasteiger charge is -2.19. The number of rotatable bonds is 8. The van der Waals surface area contributed by atoms with Crippen molar-refractivity contribution in [1.29, 1.82) is 0 Å². The van der Waals surface area contributed by atoms with Gasteiger partial charge in [-0.25, -0.2) is 5.43 Å². The third kappa shape index (κ3) is 6.90. The van der Waals surface area contributed by atoms with Crippen LogP contribution in [0.5, 0.6) is 0 Å². The SMILES string of the molecule is Cc1ccc(-n2c(SCC(=O)N/N=C\c3cc([N+](=O)[O-])ccc3Cl)nnc2-c2ccc(C(C)(C)C)cc2)cc1. The Kier molecular flexibility index (Phi) is 8.47. The van der Waals surface area contributed by atoms with Crippen molar-refractivity contribution in [3.05, 3.63) is 98.6 Å². The average Bonchev–Trinajstić information content (AvgIpc) is 3.32. The van der Waals surface area contributed by atoms with Gasteiger partial charge >= 0.3 is 0 Å². The van der Waals surface area contributed by atoms with Crippen molar-refractivity contribution in [2.75, 3.05) is 5.75 Å². The third-order valence-electron chi connectivity index (χ3n) is 5.85. The number of benzene rings is 3. The summed E-state index contributed by atoms with van der Waals surface area (Å²) >= 11 is 7.30. The van der Waals surface area contributed by atoms with Gasteiger partial charge in [0.25, 0.3) is 11.6 Å². The standard InChI is InChI=1S/C28H27ClN6O3S/c1-18-5-11-22(12-6-18)34-26(19-7-9-21(10-8-19)28(2,3)4)32-33-27(34)39-17-25(36)31-30-16-20-15-23(35(37)38)13-14-24(20)29/h5-16H,17H2,1-4H3,(H,31,36)/b30-16-. The second-order valence-corrected chi connectivity index (χ2v) is 11.2. The van der Waals surface area contributed by atoms with Crippen LogP contribution in [0, 0.1) is 17.0 Å². The Morgan fingerprint density at radius 1 is 1.10 bits per heavy atom. The Morgan fingerprint density at radius 3 is 2.44 bits per heavy atom. The maximum atomic E-state index is 12.5. The third-order valence-corrected chi connectivity index (χ3v) is 7.12. The molecule has 0 fully saturated rings. The highest BCUT2D eigenvalue weighted by Crippen LogP contribution is 2.30. The van der Waals surface area contributed by atoms with Gasteiger partial charge in [0.15, 0.2) is 11.0 Å². The number of nitrogens with one attached hydrogen (secondary N) is 1. The van der Waals surface area contributed by atoms with E-state index in [0.29, 0.717) is 16.5 Å². The molecule has 0 saturated carbocycles. The number of thioether (sulfide) groups is 1. The van der Waals surface area contributed by atoms with E-state index in [1.807, 2.05) is 47.9 Å². The van der Waals surface area contributed by atoms with Gasteiger partial charge < -0.3 is 0 Å². The fraction of sp³-hybridized carbons (Fsp3) is 0.214. The first-order chi connectivity index (χ1) is 18.5. The van der Waals surface area contributed by atoms with Crippen LogP contribution in [0.2, 0.25) is 5.02 Å². The van der Waals surface area contributed by atoms with Gasteiger partial charge in [-0.15, -0.1) is 10.2 Å². The van der Waals surface area contributed by atoms with Crippen molar-refractivity contribution >= 4 is 41.2 Å². The number of aryl methyl sites for hydroxylation is 1. The van der Waals surface area contributed by atoms with Gasteiger partial charge in [0.2, 0.25) is 0 Å². The van der Waals surface area contributed by atoms with Crippen LogP contribution in [0.25, 0.3) is 17.1 Å². The molecule has 0 aliphatic carbocycles. The van der Waals surface area contributed by atoms with Crippen LogP contribution >= 0.6 is 23.4 Å². The van der Waals surface area contributed by atoms with Crippen molar-refractivity contribution < 1.29 is 9.72 Å². The minimum Gasteiger partial charge on any atom is -0.272 e. The Hall–Kier alpha value is -4.02. The predicted octanol–water partition coefficient (Wildman–Crippen LogP) is 6.34. The highest BCUT2D eigenvalue weighted by Gasteiger charge is 2.19. The van der Waals surface area contributed by atoms with Gasteiger partial charge in [-0.1, -0.05) is 86.1 Å². The van der Waals surface area contributed by atoms with Crippen LogP contribution in [0.1, 0.15) is 37.5 Å². The van der Waals surface area contributed by atoms with Crippen LogP contribution in [-0.2, 0) is 10.2 Å². The van der Waals surface area contributed by atoms with Crippen LogP contribution in [0.15, 0.2) is 77.0 Å². The fourth-order valence-electron chi connectivity index (χ4n) is 3.68. The monoisotopic (exact) mass is 562 g/mol. The zero-order valence-electron chi connectivity index (χ0n) is 21.9. The number of hydrogen-bond acceptors (Lipinski definition) is 7. The molecule has 0 spiro atoms. The number of hydrogen-bond donors (Lipinski definition) is 1. The van der Waals surface area contributed by atoms with E-state index >= 15 is 0 Å². The lowest BCUT2D eigenvalue weighted by Crippen LogP contribution is -2.20. The van der Waals surface area contributed by atoms with E-state index in [-0.39, 0.29) is 27.8 Å². The van der Waals surface area contributed by atoms with Crippen molar-refractivity contribution in [1.82, 2.24) is 20.2 Å². The number of amides is 1. The highest BCUT2D eigenvalue weighted by atomic mass is 35.5. The molecule has 3 aromatic carbocycles. The second kappa shape index (κ2) is 11.8. The number of halogens is 1. The molecule has 11 heteroatoms. The van der Waals surface area contributed by atoms with Crippen LogP contribution in [-0.4, -0.2) is 37.6 Å². The van der Waals surface area contributed by atoms with E-state index in [4.69, 9.17) is 11.6 Å². The molecule has 0 aliphatic heterocycles. The van der Waals surface area contributed by atoms with E-state index in [0.717, 1.165) is 16.8 Å². The number of aromatic nitrogens is 3. The maximum absolute atomic E-state index is 12.5. The summed E-state index contributed by atoms with van der Waals surface area (Å²) in [5, 5.41) is 24.5. The lowest BCUT2D eigenvalue weighted by atomic mass is 9.87. The molecule has 1 heterocycles. The van der Waals surface area contributed by atoms with Gasteiger partial charge in [-0.3, -0.25) is 19.5 Å². The molecule has 4 aromatic rings. The Bertz CT molecular complexity index is 1530. The number of nitro benzene ring substituents is 1. The molecule has 1 aromatic heterocycles. The molecule has 39 heavy (non-hydrogen) atoms. The minimum absolute atomic E-state index is 0.0208. The molecule has 0 aliphatic rings. The molecule has 1 N–H and O–H groups in total. The summed E-state index contributed by atoms with van der Waals surface area (Å²) < 4.78 is 1.93. The lowest BCUT2D eigenvalue weighted by molar-refractivity contribution is -0.384. The van der Waals surface area contributed by atoms with Gasteiger partial charge in [0.05, 0.1) is 16.9 Å². The summed E-state index contributed by atoms with van der Waals surface area (Å²) in [5.41, 5.74) is 6.77. The first-order valence-corrected chi connectivity index (χ1v) is 13.4. The molecule has 0 atom stereocenters. The summed E-state index contributed by atoms with van der Waals surface area (Å²) in [6.07, 6.45) is 1.27. The number of carbonyl (C=O) groups is 1. The van der Waals surface area contributed by atoms with E-state index in [2.05, 4.69) is 53.6 Å². The number of hydrazone groups is 1. The zero-order valence-corrected chi connectivity index (χ0v) is 23.5. The van der Waals surface area contributed by atoms with E-state index < -0.39 is 4.92 Å². The largest absolute Gasteiger partial charge is 0.272 e. The maximum Gasteiger partial charge on any atom is 0.270 e. The number of nitro groups is 1. The molecule has 0 bridgehead atoms. The quantitative estimate of drug-likeness (QED) is 0.116. The first kappa shape index (κ1) is 28.0. The van der Waals surface area contributed by atoms with Crippen LogP contribution in [0.4, 0.5) is 5.69 Å². The zero-order chi connectivity index (χ0) is 28.2. The highest BCUT2D eigenvalue weighted by molar-refractivity contribution is 7.99. The summed E-state index contributed by atoms with van der Waals surface area (Å²) in [6, 6.07) is 20.2. The first-order valence-electron chi connectivity index (χ1n) is 12.0. The van der Waals surface area contributed by atoms with Crippen LogP contribution in [0.3, 0.4) is 0 Å². The molecule has 0 saturated heterocycles. The normalized spacial score (nSPS) is 11.6. The number of carbonyl (C=O) groups excluding carboxylic acids is 1. The van der Waals surface area contributed by atoms with Crippen molar-refractivity contribution in [3.63, 3.8) is 0 Å². The van der Waals surface area contributed by atoms with E-state index in [1.54, 1.807) is 0 Å². The molecular formula is C28H27ClN6O3S. The van der Waals surface area contributed by atoms with Crippen molar-refractivity contribution in [2.24, 2.45) is 5.10 Å². The van der Waals surface area contributed by atoms with Crippen molar-refractivity contribution in [3.8, 4) is 17.1 Å². The van der Waals surface area contributed by atoms with Gasteiger partial charge in [0, 0.05) is 34.0 Å². The molecule has 1 amide bonds. The Balaban J connectivity index is 1.53. The summed E-state index contributed by atoms with van der Waals surface area (Å²) in [7, 11) is 0. The molecule has 0 unspecified atom stereocenters. The average molecular weight is 563 g/mol. The molecular weight excluding hydrogens is 536 g/mol. The van der Waals surface area contributed by atoms with Gasteiger partial charge in [0.1, 0.15) is 0 Å². The van der Waals surface area contributed by atoms with Gasteiger partial charge in [-0.05, 0) is 36.1 Å². The number of nitrogens with zero attached hydrogens (tertiary/aromatic N) is 5. The molecule has 0 radical (unpaired) electrons. The summed E-state index contributed by atoms with van der Waals surface area (Å²) in [6.45, 7) is 8.51. The van der Waals surface area contributed by atoms with Gasteiger partial charge in [-0.2, -0.15) is 5.10 Å². The van der Waals surface area contributed by atoms with E-state index in [1.165, 1.54) is 41.7 Å². The Morgan fingerprint density at radius 2 is 1.79 bits per heavy atom. The predicted molar refractivity (Wildman–Crippen MR) is 155 cm³/mol. The Labute approximate surface area is 235 Å². The van der Waals surface area contributed by atoms with Crippen molar-refractivity contribution in [2.45, 2.75) is 38.3 Å². The topological polar surface area (TPSA) is 115 Å². The fourth-order valence-corrected chi connectivity index (χ4v) is 4.59. The molecule has 200 valence electrons. The summed E-state index contributed by atoms with van der Waals surface area (Å²) in [5.74, 6) is 0.306. The molecule has 4 rings (SSSR count). The number of non-ortho nitro benzene ring substituents is 1. The second-order valence-electron chi connectivity index (χ2n) is 9.85. The molecule has 9 nitrogen and oxygen atoms in total. The van der Waals surface area contributed by atoms with Crippen LogP contribution < -0.4 is 5.43 Å². The summed E-state index contributed by atoms with van der Waals surface area (Å²) in [4.78, 5) is 23.0.